The minimum absolute atomic E-state index is 0.116. The van der Waals surface area contributed by atoms with Crippen molar-refractivity contribution >= 4 is 12.0 Å². The van der Waals surface area contributed by atoms with Gasteiger partial charge in [0.2, 0.25) is 5.91 Å². The molecule has 0 bridgehead atoms. The number of nitrogens with two attached hydrogens (primary N) is 1. The monoisotopic (exact) mass is 276 g/mol. The number of rotatable bonds is 8. The van der Waals surface area contributed by atoms with Crippen molar-refractivity contribution in [3.63, 3.8) is 0 Å². The van der Waals surface area contributed by atoms with E-state index < -0.39 is 0 Å². The smallest absolute Gasteiger partial charge is 0.244 e. The average molecular weight is 276 g/mol. The van der Waals surface area contributed by atoms with Crippen molar-refractivity contribution in [1.82, 2.24) is 5.32 Å². The zero-order valence-corrected chi connectivity index (χ0v) is 12.3. The van der Waals surface area contributed by atoms with Gasteiger partial charge in [0.25, 0.3) is 0 Å². The third kappa shape index (κ3) is 6.50. The Kier molecular flexibility index (Phi) is 7.62. The lowest BCUT2D eigenvalue weighted by atomic mass is 10.0. The lowest BCUT2D eigenvalue weighted by Crippen LogP contribution is -2.26. The normalized spacial score (nSPS) is 11.2. The predicted octanol–water partition coefficient (Wildman–Crippen LogP) is 1.91. The molecule has 0 aliphatic rings. The Morgan fingerprint density at radius 1 is 1.30 bits per heavy atom. The maximum atomic E-state index is 11.5. The van der Waals surface area contributed by atoms with Gasteiger partial charge in [0.05, 0.1) is 13.2 Å². The summed E-state index contributed by atoms with van der Waals surface area (Å²) < 4.78 is 5.17. The SMILES string of the molecule is CC(C)c1ccc(/C=C/C(=O)NCCOCCN)cc1. The Morgan fingerprint density at radius 3 is 2.60 bits per heavy atom. The molecular weight excluding hydrogens is 252 g/mol. The molecule has 1 aromatic carbocycles. The van der Waals surface area contributed by atoms with Crippen molar-refractivity contribution in [2.45, 2.75) is 19.8 Å². The summed E-state index contributed by atoms with van der Waals surface area (Å²) in [5.74, 6) is 0.402. The molecule has 0 saturated carbocycles. The first-order valence-electron chi connectivity index (χ1n) is 6.97. The number of carbonyl (C=O) groups excluding carboxylic acids is 1. The van der Waals surface area contributed by atoms with Crippen LogP contribution in [-0.4, -0.2) is 32.2 Å². The third-order valence-electron chi connectivity index (χ3n) is 2.84. The van der Waals surface area contributed by atoms with Crippen LogP contribution in [0.3, 0.4) is 0 Å². The zero-order valence-electron chi connectivity index (χ0n) is 12.3. The Balaban J connectivity index is 2.33. The molecular formula is C16H24N2O2. The van der Waals surface area contributed by atoms with Gasteiger partial charge in [0.1, 0.15) is 0 Å². The first-order valence-corrected chi connectivity index (χ1v) is 6.97. The minimum Gasteiger partial charge on any atom is -0.378 e. The summed E-state index contributed by atoms with van der Waals surface area (Å²) in [6, 6.07) is 8.21. The van der Waals surface area contributed by atoms with Crippen LogP contribution in [0.4, 0.5) is 0 Å². The van der Waals surface area contributed by atoms with Crippen molar-refractivity contribution in [3.05, 3.63) is 41.5 Å². The van der Waals surface area contributed by atoms with E-state index in [0.29, 0.717) is 32.2 Å². The Hall–Kier alpha value is -1.65. The zero-order chi connectivity index (χ0) is 14.8. The van der Waals surface area contributed by atoms with Crippen LogP contribution >= 0.6 is 0 Å². The van der Waals surface area contributed by atoms with E-state index in [1.54, 1.807) is 6.08 Å². The first kappa shape index (κ1) is 16.4. The number of hydrogen-bond donors (Lipinski definition) is 2. The summed E-state index contributed by atoms with van der Waals surface area (Å²) in [6.07, 6.45) is 3.34. The summed E-state index contributed by atoms with van der Waals surface area (Å²) >= 11 is 0. The van der Waals surface area contributed by atoms with E-state index in [4.69, 9.17) is 10.5 Å². The lowest BCUT2D eigenvalue weighted by molar-refractivity contribution is -0.116. The second kappa shape index (κ2) is 9.28. The molecule has 0 aliphatic carbocycles. The van der Waals surface area contributed by atoms with E-state index in [2.05, 4.69) is 31.3 Å². The number of hydrogen-bond acceptors (Lipinski definition) is 3. The molecule has 0 saturated heterocycles. The average Bonchev–Trinajstić information content (AvgIpc) is 2.45. The quantitative estimate of drug-likeness (QED) is 0.563. The number of carbonyl (C=O) groups is 1. The molecule has 1 aromatic rings. The lowest BCUT2D eigenvalue weighted by Gasteiger charge is -2.05. The number of ether oxygens (including phenoxy) is 1. The fourth-order valence-corrected chi connectivity index (χ4v) is 1.65. The Bertz CT molecular complexity index is 425. The van der Waals surface area contributed by atoms with Gasteiger partial charge in [-0.25, -0.2) is 0 Å². The largest absolute Gasteiger partial charge is 0.378 e. The molecule has 0 heterocycles. The highest BCUT2D eigenvalue weighted by molar-refractivity contribution is 5.91. The molecule has 1 rings (SSSR count). The highest BCUT2D eigenvalue weighted by Gasteiger charge is 1.98. The molecule has 1 amide bonds. The molecule has 0 aliphatic heterocycles. The van der Waals surface area contributed by atoms with Crippen LogP contribution in [0, 0.1) is 0 Å². The standard InChI is InChI=1S/C16H24N2O2/c1-13(2)15-6-3-14(4-7-15)5-8-16(19)18-10-12-20-11-9-17/h3-8,13H,9-12,17H2,1-2H3,(H,18,19)/b8-5+. The van der Waals surface area contributed by atoms with Gasteiger partial charge in [0.15, 0.2) is 0 Å². The summed E-state index contributed by atoms with van der Waals surface area (Å²) in [5.41, 5.74) is 7.60. The van der Waals surface area contributed by atoms with Crippen LogP contribution in [0.25, 0.3) is 6.08 Å². The third-order valence-corrected chi connectivity index (χ3v) is 2.84. The van der Waals surface area contributed by atoms with Crippen molar-refractivity contribution < 1.29 is 9.53 Å². The van der Waals surface area contributed by atoms with Crippen molar-refractivity contribution in [1.29, 1.82) is 0 Å². The van der Waals surface area contributed by atoms with Crippen LogP contribution < -0.4 is 11.1 Å². The molecule has 0 aromatic heterocycles. The molecule has 0 fully saturated rings. The van der Waals surface area contributed by atoms with Gasteiger partial charge in [-0.05, 0) is 23.1 Å². The van der Waals surface area contributed by atoms with E-state index in [1.165, 1.54) is 11.6 Å². The molecule has 0 spiro atoms. The van der Waals surface area contributed by atoms with Gasteiger partial charge < -0.3 is 15.8 Å². The molecule has 20 heavy (non-hydrogen) atoms. The van der Waals surface area contributed by atoms with Crippen molar-refractivity contribution in [3.8, 4) is 0 Å². The number of nitrogens with one attached hydrogen (secondary N) is 1. The summed E-state index contributed by atoms with van der Waals surface area (Å²) in [5, 5.41) is 2.75. The van der Waals surface area contributed by atoms with Gasteiger partial charge in [-0.15, -0.1) is 0 Å². The van der Waals surface area contributed by atoms with E-state index in [1.807, 2.05) is 12.1 Å². The maximum Gasteiger partial charge on any atom is 0.244 e. The topological polar surface area (TPSA) is 64.3 Å². The fraction of sp³-hybridized carbons (Fsp3) is 0.438. The van der Waals surface area contributed by atoms with Crippen LogP contribution in [0.2, 0.25) is 0 Å². The van der Waals surface area contributed by atoms with E-state index in [0.717, 1.165) is 5.56 Å². The van der Waals surface area contributed by atoms with Gasteiger partial charge in [-0.1, -0.05) is 38.1 Å². The van der Waals surface area contributed by atoms with Crippen LogP contribution in [-0.2, 0) is 9.53 Å². The predicted molar refractivity (Wildman–Crippen MR) is 82.4 cm³/mol. The van der Waals surface area contributed by atoms with Gasteiger partial charge >= 0.3 is 0 Å². The van der Waals surface area contributed by atoms with E-state index in [9.17, 15) is 4.79 Å². The van der Waals surface area contributed by atoms with Crippen LogP contribution in [0.5, 0.6) is 0 Å². The van der Waals surface area contributed by atoms with E-state index in [-0.39, 0.29) is 5.91 Å². The molecule has 4 heteroatoms. The molecule has 3 N–H and O–H groups in total. The molecule has 4 nitrogen and oxygen atoms in total. The van der Waals surface area contributed by atoms with E-state index >= 15 is 0 Å². The molecule has 0 radical (unpaired) electrons. The summed E-state index contributed by atoms with van der Waals surface area (Å²) in [4.78, 5) is 11.5. The molecule has 0 unspecified atom stereocenters. The summed E-state index contributed by atoms with van der Waals surface area (Å²) in [6.45, 7) is 6.32. The number of benzene rings is 1. The maximum absolute atomic E-state index is 11.5. The van der Waals surface area contributed by atoms with Gasteiger partial charge in [0, 0.05) is 19.2 Å². The van der Waals surface area contributed by atoms with Crippen molar-refractivity contribution in [2.75, 3.05) is 26.3 Å². The highest BCUT2D eigenvalue weighted by Crippen LogP contribution is 2.15. The van der Waals surface area contributed by atoms with Crippen LogP contribution in [0.1, 0.15) is 30.9 Å². The fourth-order valence-electron chi connectivity index (χ4n) is 1.65. The van der Waals surface area contributed by atoms with Gasteiger partial charge in [-0.2, -0.15) is 0 Å². The van der Waals surface area contributed by atoms with Crippen molar-refractivity contribution in [2.24, 2.45) is 5.73 Å². The highest BCUT2D eigenvalue weighted by atomic mass is 16.5. The first-order chi connectivity index (χ1) is 9.63. The van der Waals surface area contributed by atoms with Gasteiger partial charge in [-0.3, -0.25) is 4.79 Å². The molecule has 0 atom stereocenters. The Morgan fingerprint density at radius 2 is 2.00 bits per heavy atom. The van der Waals surface area contributed by atoms with Crippen LogP contribution in [0.15, 0.2) is 30.3 Å². The Labute approximate surface area is 121 Å². The second-order valence-electron chi connectivity index (χ2n) is 4.85. The summed E-state index contributed by atoms with van der Waals surface area (Å²) in [7, 11) is 0. The number of amides is 1. The molecule has 110 valence electrons. The minimum atomic E-state index is -0.116. The second-order valence-corrected chi connectivity index (χ2v) is 4.85.